The predicted molar refractivity (Wildman–Crippen MR) is 70.6 cm³/mol. The number of hydrogen-bond donors (Lipinski definition) is 1. The first-order valence-corrected chi connectivity index (χ1v) is 7.74. The minimum atomic E-state index is -0.492. The van der Waals surface area contributed by atoms with Gasteiger partial charge in [-0.15, -0.1) is 0 Å². The lowest BCUT2D eigenvalue weighted by Crippen LogP contribution is -2.74. The van der Waals surface area contributed by atoms with Crippen molar-refractivity contribution in [3.63, 3.8) is 0 Å². The van der Waals surface area contributed by atoms with Crippen LogP contribution in [-0.4, -0.2) is 33.4 Å². The van der Waals surface area contributed by atoms with Crippen molar-refractivity contribution in [3.8, 4) is 0 Å². The van der Waals surface area contributed by atoms with Gasteiger partial charge in [0.05, 0.1) is 12.0 Å². The van der Waals surface area contributed by atoms with Gasteiger partial charge in [-0.1, -0.05) is 12.2 Å². The molecule has 2 unspecified atom stereocenters. The maximum Gasteiger partial charge on any atom is 0.244 e. The molecule has 2 aliphatic heterocycles. The zero-order chi connectivity index (χ0) is 13.6. The average molecular weight is 273 g/mol. The molecule has 2 saturated carbocycles. The molecule has 2 bridgehead atoms. The lowest BCUT2D eigenvalue weighted by Gasteiger charge is -2.55. The number of carbonyl (C=O) groups excluding carboxylic acids is 2. The van der Waals surface area contributed by atoms with Crippen LogP contribution in [0.5, 0.6) is 0 Å². The summed E-state index contributed by atoms with van der Waals surface area (Å²) in [6, 6.07) is 0.0768. The van der Waals surface area contributed by atoms with Crippen LogP contribution >= 0.6 is 0 Å². The third-order valence-electron chi connectivity index (χ3n) is 6.51. The summed E-state index contributed by atoms with van der Waals surface area (Å²) in [7, 11) is 0. The maximum absolute atomic E-state index is 12.8. The molecule has 3 aliphatic carbocycles. The monoisotopic (exact) mass is 273 g/mol. The van der Waals surface area contributed by atoms with Crippen LogP contribution in [0.4, 0.5) is 0 Å². The van der Waals surface area contributed by atoms with E-state index in [-0.39, 0.29) is 35.6 Å². The van der Waals surface area contributed by atoms with Crippen LogP contribution < -0.4 is 5.84 Å². The van der Waals surface area contributed by atoms with Crippen LogP contribution in [0.25, 0.3) is 0 Å². The van der Waals surface area contributed by atoms with E-state index in [2.05, 4.69) is 12.2 Å². The minimum absolute atomic E-state index is 0.0738. The highest BCUT2D eigenvalue weighted by Gasteiger charge is 2.69. The third kappa shape index (κ3) is 0.974. The predicted octanol–water partition coefficient (Wildman–Crippen LogP) is 0.622. The molecule has 5 aliphatic rings. The molecule has 20 heavy (non-hydrogen) atoms. The Morgan fingerprint density at radius 3 is 2.90 bits per heavy atom. The lowest BCUT2D eigenvalue weighted by molar-refractivity contribution is -0.181. The first-order chi connectivity index (χ1) is 9.64. The van der Waals surface area contributed by atoms with Crippen molar-refractivity contribution in [2.75, 3.05) is 0 Å². The number of nitrogens with zero attached hydrogens (tertiary/aromatic N) is 2. The van der Waals surface area contributed by atoms with Crippen molar-refractivity contribution in [3.05, 3.63) is 12.2 Å². The van der Waals surface area contributed by atoms with E-state index < -0.39 is 5.66 Å². The first kappa shape index (κ1) is 11.3. The Bertz CT molecular complexity index is 559. The average Bonchev–Trinajstić information content (AvgIpc) is 3.13. The van der Waals surface area contributed by atoms with Crippen molar-refractivity contribution in [1.82, 2.24) is 9.91 Å². The summed E-state index contributed by atoms with van der Waals surface area (Å²) in [6.07, 6.45) is 8.90. The molecule has 4 fully saturated rings. The second kappa shape index (κ2) is 3.27. The molecule has 0 aromatic rings. The summed E-state index contributed by atoms with van der Waals surface area (Å²) in [6.45, 7) is 0. The standard InChI is InChI=1S/C15H19N3O2/c16-18-14(20)12-8-3-4-9(6-8)13(12)17-11(19)7-10-2-1-5-15(10,17)18/h3-4,8-10,12-13H,1-2,5-7,16H2/t8-,9+,10?,12-,13+,15?/m0/s1. The topological polar surface area (TPSA) is 66.6 Å². The zero-order valence-electron chi connectivity index (χ0n) is 11.4. The van der Waals surface area contributed by atoms with E-state index in [4.69, 9.17) is 5.84 Å². The number of hydrogen-bond acceptors (Lipinski definition) is 3. The number of fused-ring (bicyclic) bond motifs is 6. The second-order valence-corrected chi connectivity index (χ2v) is 7.11. The number of rotatable bonds is 0. The van der Waals surface area contributed by atoms with Gasteiger partial charge < -0.3 is 4.90 Å². The number of hydrazine groups is 1. The molecule has 2 amide bonds. The molecular weight excluding hydrogens is 254 g/mol. The smallest absolute Gasteiger partial charge is 0.244 e. The van der Waals surface area contributed by atoms with Gasteiger partial charge in [0, 0.05) is 12.3 Å². The second-order valence-electron chi connectivity index (χ2n) is 7.11. The summed E-state index contributed by atoms with van der Waals surface area (Å²) in [5, 5.41) is 1.46. The molecular formula is C15H19N3O2. The zero-order valence-corrected chi connectivity index (χ0v) is 11.4. The molecule has 106 valence electrons. The van der Waals surface area contributed by atoms with E-state index in [0.717, 1.165) is 25.7 Å². The van der Waals surface area contributed by atoms with E-state index in [0.29, 0.717) is 12.3 Å². The Balaban J connectivity index is 1.70. The Hall–Kier alpha value is -1.36. The van der Waals surface area contributed by atoms with Gasteiger partial charge >= 0.3 is 0 Å². The van der Waals surface area contributed by atoms with Crippen LogP contribution in [0.2, 0.25) is 0 Å². The number of nitrogens with two attached hydrogens (primary N) is 1. The molecule has 1 spiro atoms. The van der Waals surface area contributed by atoms with Gasteiger partial charge in [-0.3, -0.25) is 14.6 Å². The van der Waals surface area contributed by atoms with Gasteiger partial charge in [0.2, 0.25) is 11.8 Å². The highest BCUT2D eigenvalue weighted by molar-refractivity contribution is 5.89. The number of amides is 2. The largest absolute Gasteiger partial charge is 0.313 e. The Labute approximate surface area is 117 Å². The summed E-state index contributed by atoms with van der Waals surface area (Å²) < 4.78 is 0. The van der Waals surface area contributed by atoms with Crippen molar-refractivity contribution < 1.29 is 9.59 Å². The molecule has 5 heteroatoms. The summed E-state index contributed by atoms with van der Waals surface area (Å²) in [4.78, 5) is 27.5. The highest BCUT2D eigenvalue weighted by Crippen LogP contribution is 2.59. The number of allylic oxidation sites excluding steroid dienone is 1. The fraction of sp³-hybridized carbons (Fsp3) is 0.733. The Morgan fingerprint density at radius 2 is 2.05 bits per heavy atom. The van der Waals surface area contributed by atoms with Gasteiger partial charge in [0.25, 0.3) is 0 Å². The molecule has 2 saturated heterocycles. The lowest BCUT2D eigenvalue weighted by atomic mass is 9.81. The van der Waals surface area contributed by atoms with E-state index >= 15 is 0 Å². The van der Waals surface area contributed by atoms with Crippen molar-refractivity contribution in [1.29, 1.82) is 0 Å². The summed E-state index contributed by atoms with van der Waals surface area (Å²) >= 11 is 0. The molecule has 5 rings (SSSR count). The Kier molecular flexibility index (Phi) is 1.85. The van der Waals surface area contributed by atoms with Gasteiger partial charge in [-0.25, -0.2) is 5.84 Å². The van der Waals surface area contributed by atoms with Crippen LogP contribution in [0.15, 0.2) is 12.2 Å². The van der Waals surface area contributed by atoms with Crippen molar-refractivity contribution in [2.24, 2.45) is 29.5 Å². The highest BCUT2D eigenvalue weighted by atomic mass is 16.2. The SMILES string of the molecule is NN1C(=O)[C@@H]2[C@@H]([C@@H]3C=C[C@H]2C3)N2C(=O)CC3CCCC312. The number of carbonyl (C=O) groups is 2. The van der Waals surface area contributed by atoms with Crippen molar-refractivity contribution >= 4 is 11.8 Å². The fourth-order valence-electron chi connectivity index (χ4n) is 5.84. The van der Waals surface area contributed by atoms with Crippen molar-refractivity contribution in [2.45, 2.75) is 43.8 Å². The van der Waals surface area contributed by atoms with E-state index in [9.17, 15) is 9.59 Å². The molecule has 5 nitrogen and oxygen atoms in total. The summed E-state index contributed by atoms with van der Waals surface area (Å²) in [5.41, 5.74) is -0.492. The Morgan fingerprint density at radius 1 is 1.25 bits per heavy atom. The van der Waals surface area contributed by atoms with E-state index in [1.807, 2.05) is 4.90 Å². The minimum Gasteiger partial charge on any atom is -0.313 e. The molecule has 6 atom stereocenters. The van der Waals surface area contributed by atoms with E-state index in [1.165, 1.54) is 5.01 Å². The fourth-order valence-corrected chi connectivity index (χ4v) is 5.84. The van der Waals surface area contributed by atoms with E-state index in [1.54, 1.807) is 0 Å². The maximum atomic E-state index is 12.8. The molecule has 2 N–H and O–H groups in total. The van der Waals surface area contributed by atoms with Gasteiger partial charge in [0.1, 0.15) is 5.66 Å². The normalized spacial score (nSPS) is 51.8. The van der Waals surface area contributed by atoms with Gasteiger partial charge in [0.15, 0.2) is 0 Å². The van der Waals surface area contributed by atoms with Crippen LogP contribution in [-0.2, 0) is 9.59 Å². The molecule has 0 aromatic heterocycles. The van der Waals surface area contributed by atoms with Crippen LogP contribution in [0.1, 0.15) is 32.1 Å². The first-order valence-electron chi connectivity index (χ1n) is 7.74. The van der Waals surface area contributed by atoms with Crippen LogP contribution in [0.3, 0.4) is 0 Å². The molecule has 2 heterocycles. The third-order valence-corrected chi connectivity index (χ3v) is 6.51. The molecule has 0 aromatic carbocycles. The quantitative estimate of drug-likeness (QED) is 0.400. The molecule has 0 radical (unpaired) electrons. The van der Waals surface area contributed by atoms with Gasteiger partial charge in [-0.05, 0) is 37.5 Å². The van der Waals surface area contributed by atoms with Crippen LogP contribution in [0, 0.1) is 23.7 Å². The summed E-state index contributed by atoms with van der Waals surface area (Å²) in [5.74, 6) is 7.35. The van der Waals surface area contributed by atoms with Gasteiger partial charge in [-0.2, -0.15) is 0 Å².